The monoisotopic (exact) mass is 1220 g/mol. The summed E-state index contributed by atoms with van der Waals surface area (Å²) in [7, 11) is 3.23. The van der Waals surface area contributed by atoms with Gasteiger partial charge in [0.25, 0.3) is 5.56 Å². The number of carbonyl (C=O) groups excluding carboxylic acids is 4. The molecule has 5 amide bonds. The number of amides is 5. The molecule has 89 heavy (non-hydrogen) atoms. The van der Waals surface area contributed by atoms with Crippen molar-refractivity contribution in [1.29, 1.82) is 0 Å². The van der Waals surface area contributed by atoms with Gasteiger partial charge in [-0.05, 0) is 96.3 Å². The summed E-state index contributed by atoms with van der Waals surface area (Å²) in [6.07, 6.45) is 8.48. The third-order valence-electron chi connectivity index (χ3n) is 15.6. The lowest BCUT2D eigenvalue weighted by atomic mass is 10.0. The van der Waals surface area contributed by atoms with E-state index < -0.39 is 18.2 Å². The van der Waals surface area contributed by atoms with Gasteiger partial charge in [0.2, 0.25) is 11.8 Å². The average Bonchev–Trinajstić information content (AvgIpc) is 1.80. The molecule has 0 bridgehead atoms. The Hall–Kier alpha value is -8.44. The van der Waals surface area contributed by atoms with Crippen LogP contribution in [0.3, 0.4) is 0 Å². The molecule has 4 heterocycles. The molecule has 470 valence electrons. The summed E-state index contributed by atoms with van der Waals surface area (Å²) in [4.78, 5) is 80.3. The highest BCUT2D eigenvalue weighted by atomic mass is 16.6. The largest absolute Gasteiger partial charge is 0.436 e. The summed E-state index contributed by atoms with van der Waals surface area (Å²) < 4.78 is 40.2. The second-order valence-corrected chi connectivity index (χ2v) is 21.8. The van der Waals surface area contributed by atoms with Crippen LogP contribution in [-0.2, 0) is 62.4 Å². The molecule has 0 fully saturated rings. The number of benzene rings is 4. The standard InChI is InChI=1S/C68H81N9O12/c1-75(68(82)89-64-57-17-7-5-15-55(57)56-16-6-8-18-58(56)64)62(19-9-11-28-71-63(78)27-33-84-36-37-86-40-41-88-43-42-87-39-38-85-35-34-83-2)65(79)72-29-10-3-4-12-32-77-66(80)59(51-21-20-49-14-13-30-70-60(49)44-51)45-61(74-77)50-22-24-54(25-23-50)73-67(81)76-47-52-26-31-69-46-53(52)48-76/h5-8,13-18,20-26,30-31,44-46,62,64H,3-4,9-12,19,27-29,32-43,47-48H2,1-2H3,(H,71,78)(H,72,79)(H,73,81)/t62-/m0/s1. The van der Waals surface area contributed by atoms with E-state index in [1.54, 1.807) is 37.6 Å². The Bertz CT molecular complexity index is 3420. The second-order valence-electron chi connectivity index (χ2n) is 21.8. The van der Waals surface area contributed by atoms with Crippen LogP contribution in [0.1, 0.15) is 79.7 Å². The number of rotatable bonds is 36. The quantitative estimate of drug-likeness (QED) is 0.0310. The summed E-state index contributed by atoms with van der Waals surface area (Å²) >= 11 is 0. The fraction of sp³-hybridized carbons (Fsp3) is 0.412. The van der Waals surface area contributed by atoms with Crippen molar-refractivity contribution in [3.8, 4) is 33.5 Å². The molecule has 0 saturated carbocycles. The van der Waals surface area contributed by atoms with E-state index in [0.717, 1.165) is 68.3 Å². The molecule has 4 aromatic carbocycles. The summed E-state index contributed by atoms with van der Waals surface area (Å²) in [6.45, 7) is 6.98. The Labute approximate surface area is 519 Å². The van der Waals surface area contributed by atoms with Gasteiger partial charge in [0, 0.05) is 99.7 Å². The minimum Gasteiger partial charge on any atom is -0.436 e. The average molecular weight is 1220 g/mol. The zero-order valence-corrected chi connectivity index (χ0v) is 50.9. The lowest BCUT2D eigenvalue weighted by Crippen LogP contribution is -2.48. The van der Waals surface area contributed by atoms with Crippen molar-refractivity contribution >= 4 is 40.5 Å². The Balaban J connectivity index is 0.737. The lowest BCUT2D eigenvalue weighted by Gasteiger charge is -2.28. The normalized spacial score (nSPS) is 12.8. The molecule has 0 radical (unpaired) electrons. The number of hydrogen-bond acceptors (Lipinski definition) is 15. The van der Waals surface area contributed by atoms with Crippen molar-refractivity contribution in [2.24, 2.45) is 0 Å². The number of ether oxygens (including phenoxy) is 7. The molecule has 0 saturated heterocycles. The number of pyridine rings is 2. The number of aromatic nitrogens is 4. The molecular formula is C68H81N9O12. The zero-order chi connectivity index (χ0) is 62.0. The molecule has 0 spiro atoms. The molecule has 2 aliphatic rings. The van der Waals surface area contributed by atoms with Crippen molar-refractivity contribution < 1.29 is 52.3 Å². The van der Waals surface area contributed by atoms with Gasteiger partial charge in [-0.2, -0.15) is 5.10 Å². The number of nitrogens with zero attached hydrogens (tertiary/aromatic N) is 6. The second kappa shape index (κ2) is 34.3. The van der Waals surface area contributed by atoms with Gasteiger partial charge in [0.05, 0.1) is 89.4 Å². The summed E-state index contributed by atoms with van der Waals surface area (Å²) in [5.74, 6) is -0.449. The van der Waals surface area contributed by atoms with E-state index >= 15 is 0 Å². The van der Waals surface area contributed by atoms with Crippen molar-refractivity contribution in [2.75, 3.05) is 105 Å². The number of hydrogen-bond donors (Lipinski definition) is 3. The topological polar surface area (TPSA) is 236 Å². The molecular weight excluding hydrogens is 1130 g/mol. The number of fused-ring (bicyclic) bond motifs is 5. The number of aryl methyl sites for hydroxylation is 1. The van der Waals surface area contributed by atoms with Gasteiger partial charge in [-0.3, -0.25) is 29.3 Å². The molecule has 0 unspecified atom stereocenters. The summed E-state index contributed by atoms with van der Waals surface area (Å²) in [5.41, 5.74) is 9.65. The van der Waals surface area contributed by atoms with Crippen LogP contribution in [-0.4, -0.2) is 159 Å². The SMILES string of the molecule is COCCOCCOCCOCCOCCOCCC(=O)NCCCC[C@@H](C(=O)NCCCCCCn1nc(-c2ccc(NC(=O)N3Cc4ccncc4C3)cc2)cc(-c2ccc3cccnc3c2)c1=O)N(C)C(=O)OC1c2ccccc2-c2ccccc21. The van der Waals surface area contributed by atoms with E-state index in [2.05, 4.69) is 25.9 Å². The van der Waals surface area contributed by atoms with E-state index in [1.165, 1.54) is 9.58 Å². The first-order valence-corrected chi connectivity index (χ1v) is 30.7. The van der Waals surface area contributed by atoms with Crippen LogP contribution in [0.2, 0.25) is 0 Å². The van der Waals surface area contributed by atoms with Crippen LogP contribution in [0.25, 0.3) is 44.4 Å². The minimum atomic E-state index is -0.845. The van der Waals surface area contributed by atoms with Crippen molar-refractivity contribution in [1.82, 2.24) is 40.2 Å². The molecule has 3 N–H and O–H groups in total. The zero-order valence-electron chi connectivity index (χ0n) is 50.9. The molecule has 21 heteroatoms. The number of carbonyl (C=O) groups is 4. The van der Waals surface area contributed by atoms with Gasteiger partial charge in [-0.1, -0.05) is 91.7 Å². The van der Waals surface area contributed by atoms with E-state index in [1.807, 2.05) is 115 Å². The van der Waals surface area contributed by atoms with Crippen molar-refractivity contribution in [2.45, 2.75) is 83.1 Å². The number of anilines is 1. The van der Waals surface area contributed by atoms with Crippen LogP contribution in [0, 0.1) is 0 Å². The molecule has 1 atom stereocenters. The molecule has 7 aromatic rings. The van der Waals surface area contributed by atoms with E-state index in [0.29, 0.717) is 148 Å². The first kappa shape index (κ1) is 65.0. The van der Waals surface area contributed by atoms with Gasteiger partial charge < -0.3 is 54.0 Å². The Kier molecular flexibility index (Phi) is 25.1. The Morgan fingerprint density at radius 2 is 1.26 bits per heavy atom. The number of unbranched alkanes of at least 4 members (excludes halogenated alkanes) is 4. The fourth-order valence-electron chi connectivity index (χ4n) is 10.8. The van der Waals surface area contributed by atoms with Crippen LogP contribution < -0.4 is 21.5 Å². The summed E-state index contributed by atoms with van der Waals surface area (Å²) in [5, 5.41) is 14.9. The van der Waals surface area contributed by atoms with Crippen molar-refractivity contribution in [3.63, 3.8) is 0 Å². The van der Waals surface area contributed by atoms with Gasteiger partial charge in [-0.25, -0.2) is 14.3 Å². The first-order valence-electron chi connectivity index (χ1n) is 30.7. The molecule has 1 aliphatic carbocycles. The first-order chi connectivity index (χ1) is 43.6. The van der Waals surface area contributed by atoms with Gasteiger partial charge in [-0.15, -0.1) is 0 Å². The number of nitrogens with one attached hydrogen (secondary N) is 3. The number of urea groups is 1. The maximum Gasteiger partial charge on any atom is 0.411 e. The lowest BCUT2D eigenvalue weighted by molar-refractivity contribution is -0.126. The molecule has 21 nitrogen and oxygen atoms in total. The van der Waals surface area contributed by atoms with E-state index in [9.17, 15) is 24.0 Å². The molecule has 9 rings (SSSR count). The maximum absolute atomic E-state index is 14.3. The predicted molar refractivity (Wildman–Crippen MR) is 338 cm³/mol. The van der Waals surface area contributed by atoms with Crippen LogP contribution in [0.5, 0.6) is 0 Å². The minimum absolute atomic E-state index is 0.149. The maximum atomic E-state index is 14.3. The Morgan fingerprint density at radius 1 is 0.629 bits per heavy atom. The van der Waals surface area contributed by atoms with Crippen LogP contribution in [0.4, 0.5) is 15.3 Å². The summed E-state index contributed by atoms with van der Waals surface area (Å²) in [6, 6.07) is 35.5. The molecule has 3 aromatic heterocycles. The third kappa shape index (κ3) is 18.8. The predicted octanol–water partition coefficient (Wildman–Crippen LogP) is 9.36. The highest BCUT2D eigenvalue weighted by Gasteiger charge is 2.35. The van der Waals surface area contributed by atoms with E-state index in [-0.39, 0.29) is 36.4 Å². The van der Waals surface area contributed by atoms with E-state index in [4.69, 9.17) is 38.3 Å². The number of methoxy groups -OCH3 is 1. The Morgan fingerprint density at radius 3 is 1.96 bits per heavy atom. The van der Waals surface area contributed by atoms with Gasteiger partial charge >= 0.3 is 12.1 Å². The van der Waals surface area contributed by atoms with Gasteiger partial charge in [0.15, 0.2) is 6.10 Å². The smallest absolute Gasteiger partial charge is 0.411 e. The highest BCUT2D eigenvalue weighted by Crippen LogP contribution is 2.45. The fourth-order valence-corrected chi connectivity index (χ4v) is 10.8. The van der Waals surface area contributed by atoms with Crippen LogP contribution >= 0.6 is 0 Å². The van der Waals surface area contributed by atoms with Crippen LogP contribution in [0.15, 0.2) is 139 Å². The number of likely N-dealkylation sites (N-methyl/N-ethyl adjacent to an activating group) is 1. The van der Waals surface area contributed by atoms with Gasteiger partial charge in [0.1, 0.15) is 6.04 Å². The van der Waals surface area contributed by atoms with Crippen molar-refractivity contribution in [3.05, 3.63) is 166 Å². The third-order valence-corrected chi connectivity index (χ3v) is 15.6. The molecule has 1 aliphatic heterocycles. The highest BCUT2D eigenvalue weighted by molar-refractivity contribution is 5.90.